The van der Waals surface area contributed by atoms with Gasteiger partial charge in [-0.2, -0.15) is 18.3 Å². The number of anilines is 2. The van der Waals surface area contributed by atoms with Crippen LogP contribution < -0.4 is 14.5 Å². The van der Waals surface area contributed by atoms with Gasteiger partial charge in [0.2, 0.25) is 0 Å². The first-order valence-corrected chi connectivity index (χ1v) is 13.8. The van der Waals surface area contributed by atoms with Crippen LogP contribution in [0.15, 0.2) is 18.5 Å². The predicted molar refractivity (Wildman–Crippen MR) is 146 cm³/mol. The van der Waals surface area contributed by atoms with Crippen molar-refractivity contribution >= 4 is 34.1 Å². The Hall–Kier alpha value is -2.83. The number of rotatable bonds is 8. The Kier molecular flexibility index (Phi) is 8.34. The number of aromatic nitrogens is 4. The Balaban J connectivity index is 1.21. The zero-order chi connectivity index (χ0) is 27.6. The molecule has 2 aliphatic heterocycles. The van der Waals surface area contributed by atoms with Crippen LogP contribution in [0.3, 0.4) is 0 Å². The number of alkyl halides is 3. The summed E-state index contributed by atoms with van der Waals surface area (Å²) in [4.78, 5) is 17.1. The molecule has 0 aliphatic carbocycles. The highest BCUT2D eigenvalue weighted by molar-refractivity contribution is 6.31. The lowest BCUT2D eigenvalue weighted by molar-refractivity contribution is -0.139. The molecule has 0 amide bonds. The number of likely N-dealkylation sites (N-methyl/N-ethyl adjacent to an activating group) is 1. The van der Waals surface area contributed by atoms with Gasteiger partial charge in [-0.05, 0) is 32.0 Å². The van der Waals surface area contributed by atoms with Crippen molar-refractivity contribution in [3.8, 4) is 5.75 Å². The van der Waals surface area contributed by atoms with E-state index in [2.05, 4.69) is 41.8 Å². The second-order valence-corrected chi connectivity index (χ2v) is 10.4. The van der Waals surface area contributed by atoms with Crippen molar-refractivity contribution in [3.05, 3.63) is 34.7 Å². The largest absolute Gasteiger partial charge is 0.493 e. The van der Waals surface area contributed by atoms with Crippen molar-refractivity contribution < 1.29 is 17.9 Å². The molecule has 1 aromatic carbocycles. The van der Waals surface area contributed by atoms with Crippen LogP contribution in [-0.4, -0.2) is 102 Å². The lowest BCUT2D eigenvalue weighted by Gasteiger charge is -2.38. The van der Waals surface area contributed by atoms with Crippen LogP contribution in [0.1, 0.15) is 24.6 Å². The van der Waals surface area contributed by atoms with Gasteiger partial charge in [0.1, 0.15) is 17.9 Å². The van der Waals surface area contributed by atoms with Gasteiger partial charge < -0.3 is 24.3 Å². The Labute approximate surface area is 230 Å². The molecule has 13 heteroatoms. The molecule has 1 N–H and O–H groups in total. The molecule has 0 radical (unpaired) electrons. The average molecular weight is 567 g/mol. The quantitative estimate of drug-likeness (QED) is 0.409. The van der Waals surface area contributed by atoms with Crippen LogP contribution in [0, 0.1) is 6.92 Å². The minimum Gasteiger partial charge on any atom is -0.493 e. The molecular formula is C26H34ClF3N8O. The summed E-state index contributed by atoms with van der Waals surface area (Å²) in [6.07, 6.45) is -2.39. The molecule has 2 aromatic heterocycles. The molecule has 4 heterocycles. The minimum absolute atomic E-state index is 0.00505. The van der Waals surface area contributed by atoms with Crippen LogP contribution in [0.2, 0.25) is 5.02 Å². The second kappa shape index (κ2) is 11.7. The van der Waals surface area contributed by atoms with Crippen molar-refractivity contribution in [2.24, 2.45) is 0 Å². The summed E-state index contributed by atoms with van der Waals surface area (Å²) >= 11 is 6.48. The van der Waals surface area contributed by atoms with Crippen LogP contribution in [0.5, 0.6) is 5.75 Å². The fraction of sp³-hybridized carbons (Fsp3) is 0.577. The molecule has 2 fully saturated rings. The normalized spacial score (nSPS) is 17.8. The van der Waals surface area contributed by atoms with Crippen molar-refractivity contribution in [1.29, 1.82) is 0 Å². The third-order valence-corrected chi connectivity index (χ3v) is 7.84. The zero-order valence-electron chi connectivity index (χ0n) is 22.3. The van der Waals surface area contributed by atoms with E-state index in [1.807, 2.05) is 24.0 Å². The molecule has 39 heavy (non-hydrogen) atoms. The summed E-state index contributed by atoms with van der Waals surface area (Å²) in [7, 11) is 0. The fourth-order valence-corrected chi connectivity index (χ4v) is 5.56. The third-order valence-electron chi connectivity index (χ3n) is 7.62. The van der Waals surface area contributed by atoms with Gasteiger partial charge in [-0.1, -0.05) is 18.5 Å². The number of hydrogen-bond donors (Lipinski definition) is 1. The standard InChI is InChI=1S/C26H34ClF3N8O/c1-3-35-6-8-36(9-7-35)5-4-14-39-21-16-19(27)15-20(18(21)2)37-10-12-38(13-11-37)25-22-23(26(28,29)30)33-34-24(22)31-17-32-25/h15-17H,3-14H2,1-2H3,(H,31,32,33,34). The average Bonchev–Trinajstić information content (AvgIpc) is 3.38. The molecule has 5 rings (SSSR count). The van der Waals surface area contributed by atoms with E-state index in [0.29, 0.717) is 37.8 Å². The Bertz CT molecular complexity index is 1270. The number of nitrogens with zero attached hydrogens (tertiary/aromatic N) is 7. The van der Waals surface area contributed by atoms with Gasteiger partial charge in [-0.25, -0.2) is 9.97 Å². The van der Waals surface area contributed by atoms with Crippen LogP contribution in [0.25, 0.3) is 11.0 Å². The Morgan fingerprint density at radius 1 is 0.974 bits per heavy atom. The maximum Gasteiger partial charge on any atom is 0.433 e. The number of hydrogen-bond acceptors (Lipinski definition) is 8. The van der Waals surface area contributed by atoms with Gasteiger partial charge in [-0.3, -0.25) is 5.10 Å². The van der Waals surface area contributed by atoms with E-state index in [9.17, 15) is 13.2 Å². The molecule has 0 spiro atoms. The van der Waals surface area contributed by atoms with Gasteiger partial charge in [0.05, 0.1) is 12.0 Å². The number of H-pyrrole nitrogens is 1. The van der Waals surface area contributed by atoms with E-state index in [4.69, 9.17) is 16.3 Å². The van der Waals surface area contributed by atoms with Crippen molar-refractivity contribution in [2.75, 3.05) is 81.9 Å². The van der Waals surface area contributed by atoms with E-state index in [0.717, 1.165) is 62.7 Å². The second-order valence-electron chi connectivity index (χ2n) is 9.99. The molecular weight excluding hydrogens is 533 g/mol. The van der Waals surface area contributed by atoms with Crippen molar-refractivity contribution in [2.45, 2.75) is 26.4 Å². The zero-order valence-corrected chi connectivity index (χ0v) is 23.0. The van der Waals surface area contributed by atoms with Crippen LogP contribution in [0.4, 0.5) is 24.7 Å². The first-order chi connectivity index (χ1) is 18.7. The van der Waals surface area contributed by atoms with Gasteiger partial charge in [0.25, 0.3) is 0 Å². The highest BCUT2D eigenvalue weighted by Crippen LogP contribution is 2.37. The summed E-state index contributed by atoms with van der Waals surface area (Å²) < 4.78 is 46.8. The summed E-state index contributed by atoms with van der Waals surface area (Å²) in [5.41, 5.74) is 1.06. The fourth-order valence-electron chi connectivity index (χ4n) is 5.36. The molecule has 0 bridgehead atoms. The highest BCUT2D eigenvalue weighted by atomic mass is 35.5. The number of halogens is 4. The number of piperazine rings is 2. The lowest BCUT2D eigenvalue weighted by atomic mass is 10.1. The van der Waals surface area contributed by atoms with Gasteiger partial charge >= 0.3 is 6.18 Å². The molecule has 0 unspecified atom stereocenters. The number of fused-ring (bicyclic) bond motifs is 1. The minimum atomic E-state index is -4.58. The molecule has 2 saturated heterocycles. The number of ether oxygens (including phenoxy) is 1. The number of nitrogens with one attached hydrogen (secondary N) is 1. The smallest absolute Gasteiger partial charge is 0.433 e. The molecule has 0 saturated carbocycles. The Morgan fingerprint density at radius 2 is 1.67 bits per heavy atom. The van der Waals surface area contributed by atoms with E-state index >= 15 is 0 Å². The molecule has 212 valence electrons. The lowest BCUT2D eigenvalue weighted by Crippen LogP contribution is -2.47. The van der Waals surface area contributed by atoms with Crippen molar-refractivity contribution in [1.82, 2.24) is 30.0 Å². The van der Waals surface area contributed by atoms with E-state index in [1.54, 1.807) is 0 Å². The van der Waals surface area contributed by atoms with Crippen LogP contribution in [-0.2, 0) is 6.18 Å². The first-order valence-electron chi connectivity index (χ1n) is 13.4. The maximum atomic E-state index is 13.6. The summed E-state index contributed by atoms with van der Waals surface area (Å²) in [5.74, 6) is 1.00. The topological polar surface area (TPSA) is 76.7 Å². The van der Waals surface area contributed by atoms with Gasteiger partial charge in [0.15, 0.2) is 11.3 Å². The summed E-state index contributed by atoms with van der Waals surface area (Å²) in [6.45, 7) is 13.5. The first kappa shape index (κ1) is 27.7. The van der Waals surface area contributed by atoms with Gasteiger partial charge in [-0.15, -0.1) is 0 Å². The number of benzene rings is 1. The Morgan fingerprint density at radius 3 is 2.36 bits per heavy atom. The number of aromatic amines is 1. The predicted octanol–water partition coefficient (Wildman–Crippen LogP) is 4.07. The summed E-state index contributed by atoms with van der Waals surface area (Å²) in [5, 5.41) is 6.31. The molecule has 9 nitrogen and oxygen atoms in total. The third kappa shape index (κ3) is 6.17. The van der Waals surface area contributed by atoms with Crippen LogP contribution >= 0.6 is 11.6 Å². The molecule has 3 aromatic rings. The van der Waals surface area contributed by atoms with E-state index < -0.39 is 11.9 Å². The maximum absolute atomic E-state index is 13.6. The van der Waals surface area contributed by atoms with E-state index in [1.165, 1.54) is 6.33 Å². The molecule has 2 aliphatic rings. The molecule has 0 atom stereocenters. The monoisotopic (exact) mass is 566 g/mol. The van der Waals surface area contributed by atoms with Gasteiger partial charge in [0, 0.05) is 75.2 Å². The van der Waals surface area contributed by atoms with Crippen molar-refractivity contribution in [3.63, 3.8) is 0 Å². The SMILES string of the molecule is CCN1CCN(CCCOc2cc(Cl)cc(N3CCN(c4ncnc5n[nH]c(C(F)(F)F)c45)CC3)c2C)CC1. The van der Waals surface area contributed by atoms with E-state index in [-0.39, 0.29) is 16.9 Å². The summed E-state index contributed by atoms with van der Waals surface area (Å²) in [6, 6.07) is 3.78. The highest BCUT2D eigenvalue weighted by Gasteiger charge is 2.38.